The Balaban J connectivity index is 0.954. The maximum atomic E-state index is 13.2. The summed E-state index contributed by atoms with van der Waals surface area (Å²) in [6.07, 6.45) is 6.57. The van der Waals surface area contributed by atoms with Crippen LogP contribution in [0.25, 0.3) is 0 Å². The number of piperazine rings is 1. The molecule has 192 valence electrons. The second-order valence-electron chi connectivity index (χ2n) is 11.6. The first-order valence-electron chi connectivity index (χ1n) is 13.9. The van der Waals surface area contributed by atoms with Crippen molar-refractivity contribution in [1.82, 2.24) is 14.7 Å². The first-order chi connectivity index (χ1) is 18.1. The average Bonchev–Trinajstić information content (AvgIpc) is 3.72. The summed E-state index contributed by atoms with van der Waals surface area (Å²) in [6, 6.07) is 19.1. The zero-order chi connectivity index (χ0) is 25.1. The second kappa shape index (κ2) is 9.37. The summed E-state index contributed by atoms with van der Waals surface area (Å²) in [5.74, 6) is 2.03. The van der Waals surface area contributed by atoms with Crippen molar-refractivity contribution in [3.8, 4) is 0 Å². The molecular weight excluding hydrogens is 482 g/mol. The highest BCUT2D eigenvalue weighted by atomic mass is 35.5. The number of halogens is 1. The summed E-state index contributed by atoms with van der Waals surface area (Å²) in [5, 5.41) is 0.760. The summed E-state index contributed by atoms with van der Waals surface area (Å²) in [7, 11) is 0. The number of carbonyl (C=O) groups is 2. The average molecular weight is 516 g/mol. The number of carbonyl (C=O) groups excluding carboxylic acids is 2. The van der Waals surface area contributed by atoms with E-state index in [0.29, 0.717) is 30.2 Å². The molecule has 0 radical (unpaired) electrons. The van der Waals surface area contributed by atoms with Gasteiger partial charge in [-0.3, -0.25) is 19.4 Å². The Hall–Kier alpha value is -2.47. The van der Waals surface area contributed by atoms with Gasteiger partial charge in [-0.15, -0.1) is 0 Å². The number of imide groups is 1. The highest BCUT2D eigenvalue weighted by Crippen LogP contribution is 2.65. The van der Waals surface area contributed by atoms with Gasteiger partial charge in [0.25, 0.3) is 0 Å². The summed E-state index contributed by atoms with van der Waals surface area (Å²) in [6.45, 7) is 5.42. The smallest absolute Gasteiger partial charge is 0.233 e. The Kier molecular flexibility index (Phi) is 5.99. The lowest BCUT2D eigenvalue weighted by Crippen LogP contribution is -2.48. The van der Waals surface area contributed by atoms with Gasteiger partial charge in [-0.2, -0.15) is 0 Å². The van der Waals surface area contributed by atoms with E-state index in [0.717, 1.165) is 44.2 Å². The minimum atomic E-state index is -0.0717. The van der Waals surface area contributed by atoms with Crippen molar-refractivity contribution in [3.63, 3.8) is 0 Å². The van der Waals surface area contributed by atoms with E-state index < -0.39 is 0 Å². The standard InChI is InChI=1S/C31H34ClN3O2/c32-22-9-7-21(8-10-22)29(20-5-2-1-3-6-20)34-17-15-33(16-18-34)13-4-14-35-30(36)27-23-11-12-24(26-19-25(23)26)28(27)31(35)37/h1-3,5-12,23-29H,4,13-19H2/t23-,24+,25?,26?,27?,28?,29?. The predicted molar refractivity (Wildman–Crippen MR) is 144 cm³/mol. The Labute approximate surface area is 224 Å². The van der Waals surface area contributed by atoms with Crippen molar-refractivity contribution in [2.75, 3.05) is 39.3 Å². The lowest BCUT2D eigenvalue weighted by Gasteiger charge is -2.40. The van der Waals surface area contributed by atoms with Gasteiger partial charge in [-0.05, 0) is 66.3 Å². The van der Waals surface area contributed by atoms with Gasteiger partial charge in [0, 0.05) is 37.7 Å². The maximum Gasteiger partial charge on any atom is 0.233 e. The quantitative estimate of drug-likeness (QED) is 0.402. The fourth-order valence-corrected chi connectivity index (χ4v) is 7.96. The van der Waals surface area contributed by atoms with Gasteiger partial charge in [0.05, 0.1) is 17.9 Å². The van der Waals surface area contributed by atoms with Crippen LogP contribution in [0.5, 0.6) is 0 Å². The van der Waals surface area contributed by atoms with Gasteiger partial charge in [-0.25, -0.2) is 0 Å². The molecule has 2 aromatic carbocycles. The molecule has 2 aromatic rings. The lowest BCUT2D eigenvalue weighted by molar-refractivity contribution is -0.140. The van der Waals surface area contributed by atoms with Gasteiger partial charge in [0.15, 0.2) is 0 Å². The van der Waals surface area contributed by atoms with Crippen LogP contribution in [0.2, 0.25) is 5.02 Å². The van der Waals surface area contributed by atoms with Crippen LogP contribution in [0.4, 0.5) is 0 Å². The molecule has 2 saturated carbocycles. The van der Waals surface area contributed by atoms with E-state index in [1.165, 1.54) is 17.5 Å². The first kappa shape index (κ1) is 23.6. The van der Waals surface area contributed by atoms with E-state index in [9.17, 15) is 9.59 Å². The predicted octanol–water partition coefficient (Wildman–Crippen LogP) is 4.49. The fourth-order valence-electron chi connectivity index (χ4n) is 7.83. The Bertz CT molecular complexity index is 1170. The second-order valence-corrected chi connectivity index (χ2v) is 12.0. The summed E-state index contributed by atoms with van der Waals surface area (Å²) in [4.78, 5) is 33.1. The van der Waals surface area contributed by atoms with Crippen LogP contribution in [0, 0.1) is 35.5 Å². The SMILES string of the molecule is O=C1C2C(C(=O)N1CCCN1CCN(C(c3ccccc3)c3ccc(Cl)cc3)CC1)[C@H]1C=C[C@@H]2C2CC21. The zero-order valence-corrected chi connectivity index (χ0v) is 21.8. The van der Waals surface area contributed by atoms with E-state index in [2.05, 4.69) is 64.4 Å². The van der Waals surface area contributed by atoms with Crippen molar-refractivity contribution < 1.29 is 9.59 Å². The number of amides is 2. The van der Waals surface area contributed by atoms with Crippen molar-refractivity contribution in [1.29, 1.82) is 0 Å². The van der Waals surface area contributed by atoms with Crippen LogP contribution in [0.1, 0.15) is 30.0 Å². The molecule has 4 aliphatic carbocycles. The molecule has 2 amide bonds. The highest BCUT2D eigenvalue weighted by Gasteiger charge is 2.66. The minimum absolute atomic E-state index is 0.0717. The molecule has 6 heteroatoms. The molecule has 37 heavy (non-hydrogen) atoms. The number of rotatable bonds is 7. The maximum absolute atomic E-state index is 13.2. The Morgan fingerprint density at radius 3 is 1.97 bits per heavy atom. The first-order valence-corrected chi connectivity index (χ1v) is 14.3. The van der Waals surface area contributed by atoms with Crippen LogP contribution < -0.4 is 0 Å². The van der Waals surface area contributed by atoms with Gasteiger partial charge >= 0.3 is 0 Å². The van der Waals surface area contributed by atoms with Crippen LogP contribution in [-0.2, 0) is 9.59 Å². The molecule has 0 N–H and O–H groups in total. The number of likely N-dealkylation sites (tertiary alicyclic amines) is 1. The molecule has 2 bridgehead atoms. The molecule has 0 spiro atoms. The summed E-state index contributed by atoms with van der Waals surface area (Å²) < 4.78 is 0. The molecule has 6 aliphatic rings. The van der Waals surface area contributed by atoms with Crippen LogP contribution >= 0.6 is 11.6 Å². The summed E-state index contributed by atoms with van der Waals surface area (Å²) in [5.41, 5.74) is 2.56. The third-order valence-electron chi connectivity index (χ3n) is 9.68. The molecule has 2 heterocycles. The third kappa shape index (κ3) is 4.07. The van der Waals surface area contributed by atoms with Crippen molar-refractivity contribution in [2.45, 2.75) is 18.9 Å². The Morgan fingerprint density at radius 1 is 0.757 bits per heavy atom. The molecule has 8 rings (SSSR count). The highest BCUT2D eigenvalue weighted by molar-refractivity contribution is 6.30. The van der Waals surface area contributed by atoms with Crippen molar-refractivity contribution in [2.24, 2.45) is 35.5 Å². The number of nitrogens with zero attached hydrogens (tertiary/aromatic N) is 3. The van der Waals surface area contributed by atoms with Crippen LogP contribution in [-0.4, -0.2) is 65.8 Å². The molecule has 7 atom stereocenters. The zero-order valence-electron chi connectivity index (χ0n) is 21.1. The van der Waals surface area contributed by atoms with Gasteiger partial charge in [0.2, 0.25) is 11.8 Å². The van der Waals surface area contributed by atoms with E-state index >= 15 is 0 Å². The summed E-state index contributed by atoms with van der Waals surface area (Å²) >= 11 is 6.17. The van der Waals surface area contributed by atoms with Crippen molar-refractivity contribution in [3.05, 3.63) is 82.9 Å². The molecule has 4 fully saturated rings. The van der Waals surface area contributed by atoms with E-state index in [4.69, 9.17) is 11.6 Å². The van der Waals surface area contributed by atoms with Crippen LogP contribution in [0.3, 0.4) is 0 Å². The third-order valence-corrected chi connectivity index (χ3v) is 9.94. The Morgan fingerprint density at radius 2 is 1.35 bits per heavy atom. The van der Waals surface area contributed by atoms with Crippen LogP contribution in [0.15, 0.2) is 66.7 Å². The molecule has 5 unspecified atom stereocenters. The minimum Gasteiger partial charge on any atom is -0.301 e. The molecule has 0 aromatic heterocycles. The van der Waals surface area contributed by atoms with E-state index in [1.54, 1.807) is 4.90 Å². The molecular formula is C31H34ClN3O2. The molecule has 5 nitrogen and oxygen atoms in total. The number of hydrogen-bond donors (Lipinski definition) is 0. The van der Waals surface area contributed by atoms with Gasteiger partial charge in [-0.1, -0.05) is 66.2 Å². The molecule has 2 aliphatic heterocycles. The monoisotopic (exact) mass is 515 g/mol. The number of hydrogen-bond acceptors (Lipinski definition) is 4. The normalized spacial score (nSPS) is 33.5. The number of allylic oxidation sites excluding steroid dienone is 2. The van der Waals surface area contributed by atoms with E-state index in [1.807, 2.05) is 12.1 Å². The number of benzene rings is 2. The fraction of sp³-hybridized carbons (Fsp3) is 0.484. The topological polar surface area (TPSA) is 43.9 Å². The largest absolute Gasteiger partial charge is 0.301 e. The van der Waals surface area contributed by atoms with Gasteiger partial charge < -0.3 is 4.90 Å². The molecule has 2 saturated heterocycles. The van der Waals surface area contributed by atoms with Gasteiger partial charge in [0.1, 0.15) is 0 Å². The lowest BCUT2D eigenvalue weighted by atomic mass is 9.63. The van der Waals surface area contributed by atoms with E-state index in [-0.39, 0.29) is 29.7 Å². The van der Waals surface area contributed by atoms with Crippen molar-refractivity contribution >= 4 is 23.4 Å².